The summed E-state index contributed by atoms with van der Waals surface area (Å²) in [5, 5.41) is 12.2. The molecule has 1 saturated heterocycles. The molecule has 0 radical (unpaired) electrons. The topological polar surface area (TPSA) is 114 Å². The summed E-state index contributed by atoms with van der Waals surface area (Å²) < 4.78 is 47.0. The van der Waals surface area contributed by atoms with Crippen LogP contribution in [0.5, 0.6) is 0 Å². The van der Waals surface area contributed by atoms with E-state index in [1.165, 1.54) is 18.2 Å². The SMILES string of the molecule is Cc1ccc(F)cc1Nc1nc2ccc(CC(=O)COC(C)(O[C@H]3CC[C@H](C(=O)O)CC3)N3CCCC3)c(F)c2o1. The molecule has 2 fully saturated rings. The van der Waals surface area contributed by atoms with Gasteiger partial charge in [-0.25, -0.2) is 8.78 Å². The smallest absolute Gasteiger partial charge is 0.306 e. The number of carboxylic acids is 1. The van der Waals surface area contributed by atoms with Gasteiger partial charge >= 0.3 is 5.97 Å². The van der Waals surface area contributed by atoms with Crippen LogP contribution in [0, 0.1) is 24.5 Å². The number of hydrogen-bond donors (Lipinski definition) is 2. The highest BCUT2D eigenvalue weighted by Crippen LogP contribution is 2.33. The Balaban J connectivity index is 1.23. The van der Waals surface area contributed by atoms with E-state index < -0.39 is 23.5 Å². The largest absolute Gasteiger partial charge is 0.481 e. The number of halogens is 2. The molecule has 1 aromatic heterocycles. The number of ketones is 1. The number of carbonyl (C=O) groups is 2. The maximum absolute atomic E-state index is 15.4. The Kier molecular flexibility index (Phi) is 8.67. The first-order chi connectivity index (χ1) is 19.6. The fourth-order valence-electron chi connectivity index (χ4n) is 5.57. The Morgan fingerprint density at radius 2 is 1.88 bits per heavy atom. The Hall–Kier alpha value is -3.41. The minimum atomic E-state index is -1.14. The summed E-state index contributed by atoms with van der Waals surface area (Å²) in [6.45, 7) is 4.83. The lowest BCUT2D eigenvalue weighted by Gasteiger charge is -2.41. The Morgan fingerprint density at radius 3 is 2.59 bits per heavy atom. The number of aromatic nitrogens is 1. The van der Waals surface area contributed by atoms with Gasteiger partial charge in [-0.3, -0.25) is 14.5 Å². The van der Waals surface area contributed by atoms with Crippen molar-refractivity contribution in [3.8, 4) is 0 Å². The number of hydrogen-bond acceptors (Lipinski definition) is 8. The molecule has 3 aromatic rings. The number of aliphatic carboxylic acids is 1. The Labute approximate surface area is 236 Å². The monoisotopic (exact) mass is 571 g/mol. The summed E-state index contributed by atoms with van der Waals surface area (Å²) in [4.78, 5) is 30.6. The number of nitrogens with one attached hydrogen (secondary N) is 1. The Morgan fingerprint density at radius 1 is 1.15 bits per heavy atom. The van der Waals surface area contributed by atoms with Crippen LogP contribution in [0.15, 0.2) is 34.7 Å². The number of likely N-dealkylation sites (tertiary alicyclic amines) is 1. The van der Waals surface area contributed by atoms with Gasteiger partial charge in [0.05, 0.1) is 12.0 Å². The fraction of sp³-hybridized carbons (Fsp3) is 0.500. The van der Waals surface area contributed by atoms with Crippen LogP contribution in [-0.2, 0) is 25.5 Å². The van der Waals surface area contributed by atoms with E-state index in [2.05, 4.69) is 15.2 Å². The van der Waals surface area contributed by atoms with E-state index >= 15 is 4.39 Å². The molecule has 1 aliphatic carbocycles. The third-order valence-corrected chi connectivity index (χ3v) is 8.00. The zero-order valence-corrected chi connectivity index (χ0v) is 23.3. The van der Waals surface area contributed by atoms with Crippen LogP contribution in [-0.4, -0.2) is 58.5 Å². The zero-order valence-electron chi connectivity index (χ0n) is 23.3. The molecule has 0 spiro atoms. The number of ether oxygens (including phenoxy) is 2. The molecule has 2 N–H and O–H groups in total. The normalized spacial score (nSPS) is 21.2. The molecule has 0 amide bonds. The number of nitrogens with zero attached hydrogens (tertiary/aromatic N) is 2. The van der Waals surface area contributed by atoms with Crippen molar-refractivity contribution in [3.63, 3.8) is 0 Å². The summed E-state index contributed by atoms with van der Waals surface area (Å²) in [6, 6.07) is 7.31. The van der Waals surface area contributed by atoms with Crippen LogP contribution in [0.25, 0.3) is 11.1 Å². The first-order valence-corrected chi connectivity index (χ1v) is 14.0. The molecule has 0 bridgehead atoms. The predicted molar refractivity (Wildman–Crippen MR) is 147 cm³/mol. The number of Topliss-reactive ketones (excluding diaryl/α,β-unsaturated/α-hetero) is 1. The van der Waals surface area contributed by atoms with Crippen molar-refractivity contribution in [3.05, 3.63) is 53.1 Å². The van der Waals surface area contributed by atoms with Crippen molar-refractivity contribution in [2.24, 2.45) is 5.92 Å². The van der Waals surface area contributed by atoms with Crippen molar-refractivity contribution in [2.75, 3.05) is 25.0 Å². The molecule has 1 aliphatic heterocycles. The molecular formula is C30H35F2N3O6. The van der Waals surface area contributed by atoms with E-state index in [4.69, 9.17) is 13.9 Å². The number of benzene rings is 2. The maximum Gasteiger partial charge on any atom is 0.306 e. The van der Waals surface area contributed by atoms with Crippen molar-refractivity contribution in [2.45, 2.75) is 70.8 Å². The van der Waals surface area contributed by atoms with Gasteiger partial charge in [-0.15, -0.1) is 0 Å². The average molecular weight is 572 g/mol. The number of rotatable bonds is 11. The molecule has 5 rings (SSSR count). The summed E-state index contributed by atoms with van der Waals surface area (Å²) in [5.74, 6) is -3.74. The third-order valence-electron chi connectivity index (χ3n) is 8.00. The van der Waals surface area contributed by atoms with Gasteiger partial charge in [0.1, 0.15) is 17.9 Å². The molecule has 2 heterocycles. The summed E-state index contributed by atoms with van der Waals surface area (Å²) in [6.07, 6.45) is 3.88. The lowest BCUT2D eigenvalue weighted by molar-refractivity contribution is -0.320. The summed E-state index contributed by atoms with van der Waals surface area (Å²) in [5.41, 5.74) is 1.52. The average Bonchev–Trinajstić information content (AvgIpc) is 3.63. The van der Waals surface area contributed by atoms with Crippen LogP contribution in [0.1, 0.15) is 56.6 Å². The van der Waals surface area contributed by atoms with Gasteiger partial charge in [-0.05, 0) is 74.8 Å². The van der Waals surface area contributed by atoms with E-state index in [-0.39, 0.29) is 53.5 Å². The second-order valence-corrected chi connectivity index (χ2v) is 11.0. The van der Waals surface area contributed by atoms with Crippen LogP contribution >= 0.6 is 0 Å². The Bertz CT molecular complexity index is 1410. The van der Waals surface area contributed by atoms with Crippen LogP contribution in [0.3, 0.4) is 0 Å². The molecule has 41 heavy (non-hydrogen) atoms. The zero-order chi connectivity index (χ0) is 29.1. The van der Waals surface area contributed by atoms with Crippen molar-refractivity contribution < 1.29 is 37.4 Å². The van der Waals surface area contributed by atoms with Gasteiger partial charge in [0.2, 0.25) is 5.91 Å². The highest BCUT2D eigenvalue weighted by molar-refractivity contribution is 5.84. The van der Waals surface area contributed by atoms with Gasteiger partial charge in [-0.1, -0.05) is 12.1 Å². The minimum Gasteiger partial charge on any atom is -0.481 e. The highest BCUT2D eigenvalue weighted by Gasteiger charge is 2.40. The molecule has 1 saturated carbocycles. The molecule has 220 valence electrons. The number of anilines is 2. The number of carbonyl (C=O) groups excluding carboxylic acids is 1. The van der Waals surface area contributed by atoms with Gasteiger partial charge in [0.25, 0.3) is 6.01 Å². The third kappa shape index (κ3) is 6.74. The standard InChI is InChI=1S/C30H35F2N3O6/c1-18-5-9-21(31)16-25(18)34-29-33-24-12-8-20(26(32)27(24)40-29)15-22(36)17-39-30(2,35-13-3-4-14-35)41-23-10-6-19(7-11-23)28(37)38/h5,8-9,12,16,19,23H,3-4,6-7,10-11,13-15,17H2,1-2H3,(H,33,34)(H,37,38)/t19-,23-,30?. The number of aryl methyl sites for hydroxylation is 1. The molecule has 2 aromatic carbocycles. The predicted octanol–water partition coefficient (Wildman–Crippen LogP) is 5.72. The first kappa shape index (κ1) is 29.1. The lowest BCUT2D eigenvalue weighted by Crippen LogP contribution is -2.52. The molecule has 11 heteroatoms. The molecule has 1 atom stereocenters. The quantitative estimate of drug-likeness (QED) is 0.279. The summed E-state index contributed by atoms with van der Waals surface area (Å²) in [7, 11) is 0. The summed E-state index contributed by atoms with van der Waals surface area (Å²) >= 11 is 0. The van der Waals surface area contributed by atoms with Gasteiger partial charge in [0.15, 0.2) is 17.2 Å². The van der Waals surface area contributed by atoms with Crippen LogP contribution in [0.4, 0.5) is 20.5 Å². The van der Waals surface area contributed by atoms with Gasteiger partial charge in [-0.2, -0.15) is 4.98 Å². The number of carboxylic acid groups (broad SMARTS) is 1. The number of oxazole rings is 1. The van der Waals surface area contributed by atoms with Crippen molar-refractivity contribution in [1.29, 1.82) is 0 Å². The second kappa shape index (κ2) is 12.2. The van der Waals surface area contributed by atoms with E-state index in [9.17, 15) is 19.1 Å². The second-order valence-electron chi connectivity index (χ2n) is 11.0. The maximum atomic E-state index is 15.4. The first-order valence-electron chi connectivity index (χ1n) is 14.0. The van der Waals surface area contributed by atoms with E-state index in [1.54, 1.807) is 26.0 Å². The number of fused-ring (bicyclic) bond motifs is 1. The molecule has 1 unspecified atom stereocenters. The van der Waals surface area contributed by atoms with E-state index in [0.717, 1.165) is 31.5 Å². The van der Waals surface area contributed by atoms with E-state index in [0.29, 0.717) is 31.4 Å². The lowest BCUT2D eigenvalue weighted by atomic mass is 9.87. The van der Waals surface area contributed by atoms with Gasteiger partial charge < -0.3 is 24.3 Å². The van der Waals surface area contributed by atoms with Crippen LogP contribution < -0.4 is 5.32 Å². The fourth-order valence-corrected chi connectivity index (χ4v) is 5.57. The molecule has 9 nitrogen and oxygen atoms in total. The molecular weight excluding hydrogens is 536 g/mol. The van der Waals surface area contributed by atoms with Crippen LogP contribution in [0.2, 0.25) is 0 Å². The molecule has 2 aliphatic rings. The van der Waals surface area contributed by atoms with Crippen molar-refractivity contribution in [1.82, 2.24) is 9.88 Å². The van der Waals surface area contributed by atoms with Crippen molar-refractivity contribution >= 4 is 34.6 Å². The highest BCUT2D eigenvalue weighted by atomic mass is 19.1. The van der Waals surface area contributed by atoms with E-state index in [1.807, 2.05) is 0 Å². The van der Waals surface area contributed by atoms with Gasteiger partial charge in [0, 0.05) is 32.1 Å². The minimum absolute atomic E-state index is 0.00956.